The molecule has 1 aromatic heterocycles. The first-order valence-electron chi connectivity index (χ1n) is 10.5. The van der Waals surface area contributed by atoms with Gasteiger partial charge in [-0.2, -0.15) is 9.78 Å². The molecule has 33 heavy (non-hydrogen) atoms. The number of hydrogen-bond donors (Lipinski definition) is 1. The second-order valence-corrected chi connectivity index (χ2v) is 9.51. The third kappa shape index (κ3) is 4.47. The number of benzene rings is 3. The number of carbonyl (C=O) groups excluding carboxylic acids is 1. The van der Waals surface area contributed by atoms with Crippen LogP contribution in [-0.2, 0) is 6.42 Å². The largest absolute Gasteiger partial charge is 0.487 e. The van der Waals surface area contributed by atoms with Gasteiger partial charge in [0, 0.05) is 45.0 Å². The van der Waals surface area contributed by atoms with E-state index in [-0.39, 0.29) is 11.6 Å². The maximum absolute atomic E-state index is 13.1. The summed E-state index contributed by atoms with van der Waals surface area (Å²) in [6.45, 7) is 4.09. The van der Waals surface area contributed by atoms with Crippen molar-refractivity contribution in [2.24, 2.45) is 0 Å². The van der Waals surface area contributed by atoms with Gasteiger partial charge in [0.05, 0.1) is 0 Å². The highest BCUT2D eigenvalue weighted by atomic mass is 35.5. The van der Waals surface area contributed by atoms with E-state index >= 15 is 0 Å². The molecule has 0 atom stereocenters. The monoisotopic (exact) mass is 477 g/mol. The number of nitrogens with one attached hydrogen (secondary N) is 1. The number of halogens is 2. The molecule has 0 radical (unpaired) electrons. The van der Waals surface area contributed by atoms with E-state index in [0.29, 0.717) is 21.4 Å². The van der Waals surface area contributed by atoms with Gasteiger partial charge in [-0.15, -0.1) is 0 Å². The molecule has 1 aliphatic rings. The fraction of sp³-hybridized carbons (Fsp3) is 0.154. The summed E-state index contributed by atoms with van der Waals surface area (Å²) >= 11 is 12.1. The van der Waals surface area contributed by atoms with E-state index in [1.165, 1.54) is 4.68 Å². The highest BCUT2D eigenvalue weighted by Crippen LogP contribution is 2.36. The number of rotatable bonds is 3. The summed E-state index contributed by atoms with van der Waals surface area (Å²) in [6, 6.07) is 20.1. The number of carbonyl (C=O) groups is 1. The van der Waals surface area contributed by atoms with Crippen LogP contribution in [0.25, 0.3) is 22.4 Å². The molecule has 0 saturated heterocycles. The van der Waals surface area contributed by atoms with Crippen LogP contribution < -0.4 is 10.1 Å². The van der Waals surface area contributed by atoms with Gasteiger partial charge in [0.25, 0.3) is 0 Å². The lowest BCUT2D eigenvalue weighted by Crippen LogP contribution is -2.24. The molecule has 4 aromatic rings. The smallest absolute Gasteiger partial charge is 0.346 e. The second kappa shape index (κ2) is 8.25. The van der Waals surface area contributed by atoms with Crippen molar-refractivity contribution in [1.82, 2.24) is 9.78 Å². The van der Waals surface area contributed by atoms with Gasteiger partial charge in [-0.1, -0.05) is 47.5 Å². The molecule has 5 nitrogen and oxygen atoms in total. The zero-order valence-corrected chi connectivity index (χ0v) is 19.6. The number of aromatic nitrogens is 2. The van der Waals surface area contributed by atoms with Gasteiger partial charge >= 0.3 is 6.03 Å². The molecule has 1 aliphatic heterocycles. The molecule has 0 spiro atoms. The Balaban J connectivity index is 1.48. The van der Waals surface area contributed by atoms with Crippen molar-refractivity contribution < 1.29 is 9.53 Å². The molecular formula is C26H21Cl2N3O2. The summed E-state index contributed by atoms with van der Waals surface area (Å²) in [5.74, 6) is 0.854. The Morgan fingerprint density at radius 3 is 2.27 bits per heavy atom. The lowest BCUT2D eigenvalue weighted by Gasteiger charge is -2.16. The Bertz CT molecular complexity index is 1280. The van der Waals surface area contributed by atoms with E-state index in [9.17, 15) is 4.79 Å². The molecule has 0 bridgehead atoms. The average Bonchev–Trinajstić information content (AvgIpc) is 3.34. The van der Waals surface area contributed by atoms with E-state index in [1.807, 2.05) is 68.4 Å². The Labute approximate surface area is 201 Å². The predicted octanol–water partition coefficient (Wildman–Crippen LogP) is 7.32. The first-order valence-corrected chi connectivity index (χ1v) is 11.3. The summed E-state index contributed by atoms with van der Waals surface area (Å²) in [5, 5.41) is 8.82. The van der Waals surface area contributed by atoms with Crippen molar-refractivity contribution in [2.75, 3.05) is 5.32 Å². The topological polar surface area (TPSA) is 56.2 Å². The summed E-state index contributed by atoms with van der Waals surface area (Å²) in [7, 11) is 0. The summed E-state index contributed by atoms with van der Waals surface area (Å²) < 4.78 is 7.24. The average molecular weight is 478 g/mol. The van der Waals surface area contributed by atoms with Gasteiger partial charge in [-0.25, -0.2) is 4.79 Å². The highest BCUT2D eigenvalue weighted by molar-refractivity contribution is 6.31. The molecule has 3 aromatic carbocycles. The molecule has 0 aliphatic carbocycles. The van der Waals surface area contributed by atoms with Gasteiger partial charge in [-0.05, 0) is 61.9 Å². The maximum Gasteiger partial charge on any atom is 0.346 e. The van der Waals surface area contributed by atoms with E-state index in [0.717, 1.165) is 34.4 Å². The maximum atomic E-state index is 13.1. The predicted molar refractivity (Wildman–Crippen MR) is 132 cm³/mol. The number of amides is 1. The van der Waals surface area contributed by atoms with Crippen LogP contribution in [0.3, 0.4) is 0 Å². The SMILES string of the molecule is CC1(C)Cc2cc(NC(=O)n3cc(-c4ccc(Cl)cc4)c(-c4ccc(Cl)cc4)n3)ccc2O1. The fourth-order valence-corrected chi connectivity index (χ4v) is 4.26. The Hall–Kier alpha value is -3.28. The van der Waals surface area contributed by atoms with Crippen LogP contribution in [-0.4, -0.2) is 21.4 Å². The third-order valence-electron chi connectivity index (χ3n) is 5.51. The van der Waals surface area contributed by atoms with Gasteiger partial charge in [-0.3, -0.25) is 0 Å². The minimum absolute atomic E-state index is 0.242. The standard InChI is InChI=1S/C26H21Cl2N3O2/c1-26(2)14-18-13-21(11-12-23(18)33-26)29-25(32)31-15-22(16-3-7-19(27)8-4-16)24(30-31)17-5-9-20(28)10-6-17/h3-13,15H,14H2,1-2H3,(H,29,32). The molecule has 166 valence electrons. The number of anilines is 1. The molecular weight excluding hydrogens is 457 g/mol. The van der Waals surface area contributed by atoms with Crippen molar-refractivity contribution >= 4 is 34.9 Å². The van der Waals surface area contributed by atoms with E-state index in [4.69, 9.17) is 27.9 Å². The number of hydrogen-bond acceptors (Lipinski definition) is 3. The Morgan fingerprint density at radius 1 is 0.970 bits per heavy atom. The minimum atomic E-state index is -0.358. The molecule has 7 heteroatoms. The molecule has 2 heterocycles. The zero-order valence-electron chi connectivity index (χ0n) is 18.1. The summed E-state index contributed by atoms with van der Waals surface area (Å²) in [6.07, 6.45) is 2.51. The van der Waals surface area contributed by atoms with Gasteiger partial charge in [0.2, 0.25) is 0 Å². The molecule has 5 rings (SSSR count). The molecule has 1 N–H and O–H groups in total. The van der Waals surface area contributed by atoms with E-state index in [1.54, 1.807) is 18.3 Å². The van der Waals surface area contributed by atoms with Crippen molar-refractivity contribution in [1.29, 1.82) is 0 Å². The van der Waals surface area contributed by atoms with Crippen molar-refractivity contribution in [3.05, 3.63) is 88.5 Å². The highest BCUT2D eigenvalue weighted by Gasteiger charge is 2.30. The molecule has 0 fully saturated rings. The first-order chi connectivity index (χ1) is 15.8. The fourth-order valence-electron chi connectivity index (χ4n) is 4.01. The van der Waals surface area contributed by atoms with E-state index in [2.05, 4.69) is 10.4 Å². The normalized spacial score (nSPS) is 13.9. The van der Waals surface area contributed by atoms with Gasteiger partial charge in [0.15, 0.2) is 0 Å². The Kier molecular flexibility index (Phi) is 5.39. The van der Waals surface area contributed by atoms with Crippen LogP contribution >= 0.6 is 23.2 Å². The molecule has 1 amide bonds. The summed E-state index contributed by atoms with van der Waals surface area (Å²) in [4.78, 5) is 13.1. The van der Waals surface area contributed by atoms with E-state index < -0.39 is 0 Å². The zero-order chi connectivity index (χ0) is 23.2. The first kappa shape index (κ1) is 21.6. The third-order valence-corrected chi connectivity index (χ3v) is 6.01. The van der Waals surface area contributed by atoms with Crippen LogP contribution in [0.15, 0.2) is 72.9 Å². The van der Waals surface area contributed by atoms with Crippen LogP contribution in [0.5, 0.6) is 5.75 Å². The van der Waals surface area contributed by atoms with Crippen LogP contribution in [0, 0.1) is 0 Å². The van der Waals surface area contributed by atoms with Crippen molar-refractivity contribution in [3.8, 4) is 28.1 Å². The molecule has 0 saturated carbocycles. The number of nitrogens with zero attached hydrogens (tertiary/aromatic N) is 2. The number of ether oxygens (including phenoxy) is 1. The van der Waals surface area contributed by atoms with Crippen molar-refractivity contribution in [2.45, 2.75) is 25.9 Å². The van der Waals surface area contributed by atoms with Crippen LogP contribution in [0.2, 0.25) is 10.0 Å². The Morgan fingerprint density at radius 2 is 1.61 bits per heavy atom. The van der Waals surface area contributed by atoms with Crippen LogP contribution in [0.4, 0.5) is 10.5 Å². The molecule has 0 unspecified atom stereocenters. The van der Waals surface area contributed by atoms with Crippen molar-refractivity contribution in [3.63, 3.8) is 0 Å². The van der Waals surface area contributed by atoms with Gasteiger partial charge in [0.1, 0.15) is 17.0 Å². The second-order valence-electron chi connectivity index (χ2n) is 8.64. The lowest BCUT2D eigenvalue weighted by molar-refractivity contribution is 0.138. The lowest BCUT2D eigenvalue weighted by atomic mass is 10.0. The minimum Gasteiger partial charge on any atom is -0.487 e. The summed E-state index contributed by atoms with van der Waals surface area (Å²) in [5.41, 5.74) is 4.77. The van der Waals surface area contributed by atoms with Crippen LogP contribution in [0.1, 0.15) is 19.4 Å². The van der Waals surface area contributed by atoms with Gasteiger partial charge < -0.3 is 10.1 Å². The number of fused-ring (bicyclic) bond motifs is 1. The quantitative estimate of drug-likeness (QED) is 0.336.